The molecule has 1 aliphatic rings. The number of carbonyl (C=O) groups is 2. The Morgan fingerprint density at radius 3 is 2.11 bits per heavy atom. The number of rotatable bonds is 6. The molecule has 0 saturated carbocycles. The minimum Gasteiger partial charge on any atom is -0.480 e. The van der Waals surface area contributed by atoms with E-state index in [1.165, 1.54) is 28.6 Å². The number of amides is 1. The number of sulfonamides is 1. The second kappa shape index (κ2) is 8.37. The highest BCUT2D eigenvalue weighted by atomic mass is 32.2. The van der Waals surface area contributed by atoms with E-state index in [-0.39, 0.29) is 41.7 Å². The molecule has 1 aliphatic heterocycles. The molecular formula is C18H26N2O6S. The second-order valence-electron chi connectivity index (χ2n) is 7.14. The summed E-state index contributed by atoms with van der Waals surface area (Å²) >= 11 is 0. The van der Waals surface area contributed by atoms with E-state index < -0.39 is 27.9 Å². The van der Waals surface area contributed by atoms with Crippen molar-refractivity contribution in [3.63, 3.8) is 0 Å². The summed E-state index contributed by atoms with van der Waals surface area (Å²) in [5.74, 6) is -1.96. The first-order chi connectivity index (χ1) is 12.5. The highest BCUT2D eigenvalue weighted by molar-refractivity contribution is 7.89. The molecule has 2 N–H and O–H groups in total. The van der Waals surface area contributed by atoms with E-state index in [9.17, 15) is 18.0 Å². The van der Waals surface area contributed by atoms with Crippen molar-refractivity contribution in [3.8, 4) is 0 Å². The Kier molecular flexibility index (Phi) is 6.61. The Morgan fingerprint density at radius 1 is 1.15 bits per heavy atom. The van der Waals surface area contributed by atoms with Crippen LogP contribution >= 0.6 is 0 Å². The Morgan fingerprint density at radius 2 is 1.67 bits per heavy atom. The van der Waals surface area contributed by atoms with Gasteiger partial charge in [0, 0.05) is 18.7 Å². The average molecular weight is 398 g/mol. The fourth-order valence-corrected chi connectivity index (χ4v) is 4.58. The van der Waals surface area contributed by atoms with Crippen LogP contribution in [0.3, 0.4) is 0 Å². The van der Waals surface area contributed by atoms with E-state index >= 15 is 0 Å². The zero-order chi connectivity index (χ0) is 20.4. The number of carboxylic acid groups (broad SMARTS) is 1. The number of morpholine rings is 1. The first-order valence-corrected chi connectivity index (χ1v) is 10.3. The van der Waals surface area contributed by atoms with Gasteiger partial charge in [-0.05, 0) is 44.0 Å². The van der Waals surface area contributed by atoms with Crippen LogP contribution in [-0.4, -0.2) is 61.0 Å². The number of nitrogens with zero attached hydrogens (tertiary/aromatic N) is 1. The monoisotopic (exact) mass is 398 g/mol. The highest BCUT2D eigenvalue weighted by Gasteiger charge is 2.32. The lowest BCUT2D eigenvalue weighted by Gasteiger charge is -2.34. The van der Waals surface area contributed by atoms with Crippen molar-refractivity contribution in [2.75, 3.05) is 13.1 Å². The molecule has 0 aliphatic carbocycles. The first-order valence-electron chi connectivity index (χ1n) is 8.81. The van der Waals surface area contributed by atoms with Gasteiger partial charge >= 0.3 is 5.97 Å². The largest absolute Gasteiger partial charge is 0.480 e. The molecule has 0 spiro atoms. The van der Waals surface area contributed by atoms with Gasteiger partial charge in [0.25, 0.3) is 5.91 Å². The van der Waals surface area contributed by atoms with Gasteiger partial charge in [0.1, 0.15) is 6.04 Å². The van der Waals surface area contributed by atoms with Crippen LogP contribution in [0, 0.1) is 5.92 Å². The average Bonchev–Trinajstić information content (AvgIpc) is 2.58. The topological polar surface area (TPSA) is 113 Å². The SMILES string of the molecule is CC1CN(S(=O)(=O)c2ccc(C(=O)N[C@H](C(=O)O)C(C)C)cc2)CC(C)O1. The normalized spacial score (nSPS) is 22.4. The lowest BCUT2D eigenvalue weighted by atomic mass is 10.0. The van der Waals surface area contributed by atoms with Gasteiger partial charge in [-0.1, -0.05) is 13.8 Å². The maximum absolute atomic E-state index is 12.8. The third kappa shape index (κ3) is 5.06. The van der Waals surface area contributed by atoms with Crippen molar-refractivity contribution in [2.24, 2.45) is 5.92 Å². The standard InChI is InChI=1S/C18H26N2O6S/c1-11(2)16(18(22)23)19-17(21)14-5-7-15(8-6-14)27(24,25)20-9-12(3)26-13(4)10-20/h5-8,11-13,16H,9-10H2,1-4H3,(H,19,21)(H,22,23)/t12?,13?,16-/m0/s1. The van der Waals surface area contributed by atoms with Crippen LogP contribution in [0.2, 0.25) is 0 Å². The van der Waals surface area contributed by atoms with E-state index in [0.717, 1.165) is 0 Å². The van der Waals surface area contributed by atoms with Gasteiger partial charge in [0.15, 0.2) is 0 Å². The number of ether oxygens (including phenoxy) is 1. The van der Waals surface area contributed by atoms with Gasteiger partial charge in [-0.25, -0.2) is 13.2 Å². The number of carboxylic acids is 1. The molecule has 0 bridgehead atoms. The molecule has 150 valence electrons. The third-order valence-electron chi connectivity index (χ3n) is 4.36. The van der Waals surface area contributed by atoms with Crippen LogP contribution in [0.15, 0.2) is 29.2 Å². The minimum absolute atomic E-state index is 0.0824. The molecule has 1 aromatic carbocycles. The summed E-state index contributed by atoms with van der Waals surface area (Å²) < 4.78 is 32.6. The molecule has 0 radical (unpaired) electrons. The Bertz CT molecular complexity index is 781. The summed E-state index contributed by atoms with van der Waals surface area (Å²) in [5, 5.41) is 11.6. The van der Waals surface area contributed by atoms with Crippen molar-refractivity contribution in [3.05, 3.63) is 29.8 Å². The minimum atomic E-state index is -3.69. The second-order valence-corrected chi connectivity index (χ2v) is 9.08. The number of hydrogen-bond donors (Lipinski definition) is 2. The first kappa shape index (κ1) is 21.3. The lowest BCUT2D eigenvalue weighted by molar-refractivity contribution is -0.140. The molecule has 1 amide bonds. The van der Waals surface area contributed by atoms with Crippen LogP contribution in [0.5, 0.6) is 0 Å². The van der Waals surface area contributed by atoms with E-state index in [4.69, 9.17) is 9.84 Å². The highest BCUT2D eigenvalue weighted by Crippen LogP contribution is 2.21. The van der Waals surface area contributed by atoms with Crippen molar-refractivity contribution in [1.82, 2.24) is 9.62 Å². The van der Waals surface area contributed by atoms with Gasteiger partial charge in [-0.15, -0.1) is 0 Å². The fraction of sp³-hybridized carbons (Fsp3) is 0.556. The molecule has 1 saturated heterocycles. The Labute approximate surface area is 159 Å². The Hall–Kier alpha value is -1.97. The predicted octanol–water partition coefficient (Wildman–Crippen LogP) is 1.32. The number of aliphatic carboxylic acids is 1. The van der Waals surface area contributed by atoms with Gasteiger partial charge < -0.3 is 15.2 Å². The molecule has 1 aromatic rings. The predicted molar refractivity (Wildman–Crippen MR) is 98.9 cm³/mol. The molecule has 0 aromatic heterocycles. The fourth-order valence-electron chi connectivity index (χ4n) is 2.99. The smallest absolute Gasteiger partial charge is 0.326 e. The number of hydrogen-bond acceptors (Lipinski definition) is 5. The van der Waals surface area contributed by atoms with Crippen molar-refractivity contribution in [1.29, 1.82) is 0 Å². The van der Waals surface area contributed by atoms with Gasteiger partial charge in [0.05, 0.1) is 17.1 Å². The number of benzene rings is 1. The van der Waals surface area contributed by atoms with Crippen molar-refractivity contribution >= 4 is 21.9 Å². The van der Waals surface area contributed by atoms with Crippen molar-refractivity contribution in [2.45, 2.75) is 50.8 Å². The molecule has 1 heterocycles. The summed E-state index contributed by atoms with van der Waals surface area (Å²) in [4.78, 5) is 23.6. The van der Waals surface area contributed by atoms with Crippen LogP contribution in [0.1, 0.15) is 38.1 Å². The van der Waals surface area contributed by atoms with E-state index in [1.54, 1.807) is 13.8 Å². The van der Waals surface area contributed by atoms with E-state index in [1.807, 2.05) is 13.8 Å². The van der Waals surface area contributed by atoms with E-state index in [2.05, 4.69) is 5.32 Å². The summed E-state index contributed by atoms with van der Waals surface area (Å²) in [6.07, 6.45) is -0.393. The molecule has 2 rings (SSSR count). The molecule has 1 fully saturated rings. The van der Waals surface area contributed by atoms with Gasteiger partial charge in [-0.2, -0.15) is 4.31 Å². The molecule has 27 heavy (non-hydrogen) atoms. The van der Waals surface area contributed by atoms with Gasteiger partial charge in [-0.3, -0.25) is 4.79 Å². The number of nitrogens with one attached hydrogen (secondary N) is 1. The summed E-state index contributed by atoms with van der Waals surface area (Å²) in [6, 6.07) is 4.47. The maximum Gasteiger partial charge on any atom is 0.326 e. The molecule has 9 heteroatoms. The summed E-state index contributed by atoms with van der Waals surface area (Å²) in [6.45, 7) is 7.56. The zero-order valence-electron chi connectivity index (χ0n) is 15.9. The summed E-state index contributed by atoms with van der Waals surface area (Å²) in [7, 11) is -3.69. The third-order valence-corrected chi connectivity index (χ3v) is 6.21. The molecule has 8 nitrogen and oxygen atoms in total. The van der Waals surface area contributed by atoms with Crippen LogP contribution in [0.25, 0.3) is 0 Å². The molecule has 3 atom stereocenters. The Balaban J connectivity index is 2.16. The molecular weight excluding hydrogens is 372 g/mol. The van der Waals surface area contributed by atoms with Crippen LogP contribution in [0.4, 0.5) is 0 Å². The number of carbonyl (C=O) groups excluding carboxylic acids is 1. The maximum atomic E-state index is 12.8. The summed E-state index contributed by atoms with van der Waals surface area (Å²) in [5.41, 5.74) is 0.199. The van der Waals surface area contributed by atoms with Crippen LogP contribution < -0.4 is 5.32 Å². The van der Waals surface area contributed by atoms with E-state index in [0.29, 0.717) is 0 Å². The zero-order valence-corrected chi connectivity index (χ0v) is 16.7. The van der Waals surface area contributed by atoms with Crippen molar-refractivity contribution < 1.29 is 27.9 Å². The molecule has 2 unspecified atom stereocenters. The van der Waals surface area contributed by atoms with Gasteiger partial charge in [0.2, 0.25) is 10.0 Å². The van der Waals surface area contributed by atoms with Crippen LogP contribution in [-0.2, 0) is 19.6 Å². The quantitative estimate of drug-likeness (QED) is 0.747. The lowest BCUT2D eigenvalue weighted by Crippen LogP contribution is -2.48.